The lowest BCUT2D eigenvalue weighted by atomic mass is 10.2. The molecular formula is C18H29ClO4. The molecule has 132 valence electrons. The van der Waals surface area contributed by atoms with Crippen molar-refractivity contribution in [3.63, 3.8) is 0 Å². The second-order valence-electron chi connectivity index (χ2n) is 5.70. The largest absolute Gasteiger partial charge is 0.504 e. The minimum atomic E-state index is -0.259. The van der Waals surface area contributed by atoms with E-state index in [9.17, 15) is 10.2 Å². The molecule has 0 radical (unpaired) electrons. The molecule has 0 aliphatic carbocycles. The van der Waals surface area contributed by atoms with Gasteiger partial charge in [0.2, 0.25) is 5.75 Å². The fraction of sp³-hybridized carbons (Fsp3) is 0.667. The fourth-order valence-electron chi connectivity index (χ4n) is 2.25. The number of phenols is 2. The highest BCUT2D eigenvalue weighted by molar-refractivity contribution is 6.33. The molecule has 0 heterocycles. The number of hydrogen-bond acceptors (Lipinski definition) is 4. The Morgan fingerprint density at radius 1 is 0.870 bits per heavy atom. The molecule has 2 N–H and O–H groups in total. The first-order chi connectivity index (χ1) is 11.1. The number of rotatable bonds is 12. The van der Waals surface area contributed by atoms with Gasteiger partial charge in [-0.2, -0.15) is 0 Å². The Balaban J connectivity index is 2.57. The lowest BCUT2D eigenvalue weighted by molar-refractivity contribution is 0.268. The third kappa shape index (κ3) is 6.78. The van der Waals surface area contributed by atoms with Gasteiger partial charge in [-0.25, -0.2) is 0 Å². The van der Waals surface area contributed by atoms with Gasteiger partial charge in [0.15, 0.2) is 11.5 Å². The number of phenolic OH excluding ortho intramolecular Hbond substituents is 2. The zero-order valence-electron chi connectivity index (χ0n) is 14.2. The first kappa shape index (κ1) is 19.8. The zero-order valence-corrected chi connectivity index (χ0v) is 15.0. The lowest BCUT2D eigenvalue weighted by Crippen LogP contribution is -2.01. The summed E-state index contributed by atoms with van der Waals surface area (Å²) in [7, 11) is 0. The van der Waals surface area contributed by atoms with Crippen LogP contribution in [0.3, 0.4) is 0 Å². The second kappa shape index (κ2) is 11.3. The van der Waals surface area contributed by atoms with Gasteiger partial charge in [-0.1, -0.05) is 64.0 Å². The topological polar surface area (TPSA) is 58.9 Å². The first-order valence-electron chi connectivity index (χ1n) is 8.61. The van der Waals surface area contributed by atoms with Gasteiger partial charge >= 0.3 is 0 Å². The zero-order chi connectivity index (χ0) is 17.1. The van der Waals surface area contributed by atoms with Crippen molar-refractivity contribution < 1.29 is 19.7 Å². The van der Waals surface area contributed by atoms with Gasteiger partial charge in [0.05, 0.1) is 13.2 Å². The van der Waals surface area contributed by atoms with Crippen LogP contribution in [-0.2, 0) is 0 Å². The average Bonchev–Trinajstić information content (AvgIpc) is 2.54. The second-order valence-corrected chi connectivity index (χ2v) is 6.08. The Morgan fingerprint density at radius 2 is 1.43 bits per heavy atom. The van der Waals surface area contributed by atoms with Gasteiger partial charge in [-0.15, -0.1) is 0 Å². The number of ether oxygens (including phenoxy) is 2. The van der Waals surface area contributed by atoms with Crippen LogP contribution in [0.1, 0.15) is 65.2 Å². The van der Waals surface area contributed by atoms with Crippen molar-refractivity contribution >= 4 is 11.6 Å². The molecule has 0 atom stereocenters. The molecule has 0 aromatic heterocycles. The minimum absolute atomic E-state index is 0.0323. The maximum Gasteiger partial charge on any atom is 0.204 e. The molecule has 0 fully saturated rings. The fourth-order valence-corrected chi connectivity index (χ4v) is 2.45. The summed E-state index contributed by atoms with van der Waals surface area (Å²) in [4.78, 5) is 0. The van der Waals surface area contributed by atoms with E-state index in [-0.39, 0.29) is 28.0 Å². The third-order valence-electron chi connectivity index (χ3n) is 3.64. The Labute approximate surface area is 144 Å². The molecule has 0 spiro atoms. The normalized spacial score (nSPS) is 10.7. The van der Waals surface area contributed by atoms with Crippen LogP contribution in [0.5, 0.6) is 23.0 Å². The summed E-state index contributed by atoms with van der Waals surface area (Å²) < 4.78 is 11.0. The lowest BCUT2D eigenvalue weighted by Gasteiger charge is -2.14. The predicted molar refractivity (Wildman–Crippen MR) is 94.1 cm³/mol. The molecule has 1 aromatic rings. The quantitative estimate of drug-likeness (QED) is 0.479. The van der Waals surface area contributed by atoms with Crippen LogP contribution in [0.15, 0.2) is 6.07 Å². The van der Waals surface area contributed by atoms with Crippen molar-refractivity contribution in [2.24, 2.45) is 0 Å². The van der Waals surface area contributed by atoms with Gasteiger partial charge < -0.3 is 19.7 Å². The maximum absolute atomic E-state index is 10.1. The highest BCUT2D eigenvalue weighted by Gasteiger charge is 2.18. The molecule has 0 aliphatic rings. The van der Waals surface area contributed by atoms with Crippen LogP contribution in [0, 0.1) is 0 Å². The van der Waals surface area contributed by atoms with E-state index in [2.05, 4.69) is 13.8 Å². The van der Waals surface area contributed by atoms with E-state index in [1.165, 1.54) is 12.5 Å². The van der Waals surface area contributed by atoms with Gasteiger partial charge in [-0.3, -0.25) is 0 Å². The summed E-state index contributed by atoms with van der Waals surface area (Å²) in [6.45, 7) is 5.23. The van der Waals surface area contributed by atoms with E-state index in [0.29, 0.717) is 13.2 Å². The maximum atomic E-state index is 10.1. The summed E-state index contributed by atoms with van der Waals surface area (Å²) in [6, 6.07) is 1.41. The van der Waals surface area contributed by atoms with Crippen molar-refractivity contribution in [1.29, 1.82) is 0 Å². The van der Waals surface area contributed by atoms with E-state index < -0.39 is 0 Å². The molecule has 0 unspecified atom stereocenters. The summed E-state index contributed by atoms with van der Waals surface area (Å²) >= 11 is 6.11. The van der Waals surface area contributed by atoms with Crippen molar-refractivity contribution in [2.45, 2.75) is 65.2 Å². The van der Waals surface area contributed by atoms with Crippen LogP contribution in [-0.4, -0.2) is 23.4 Å². The average molecular weight is 345 g/mol. The van der Waals surface area contributed by atoms with Crippen LogP contribution in [0.2, 0.25) is 5.02 Å². The SMILES string of the molecule is CCCCCCOc1cc(O)c(OCCCCCC)c(O)c1Cl. The Hall–Kier alpha value is -1.29. The van der Waals surface area contributed by atoms with Crippen molar-refractivity contribution in [1.82, 2.24) is 0 Å². The number of aromatic hydroxyl groups is 2. The van der Waals surface area contributed by atoms with Gasteiger partial charge in [0.1, 0.15) is 10.8 Å². The van der Waals surface area contributed by atoms with Gasteiger partial charge in [-0.05, 0) is 12.8 Å². The summed E-state index contributed by atoms with van der Waals surface area (Å²) in [6.07, 6.45) is 8.56. The van der Waals surface area contributed by atoms with E-state index in [1.54, 1.807) is 0 Å². The first-order valence-corrected chi connectivity index (χ1v) is 8.99. The van der Waals surface area contributed by atoms with E-state index in [4.69, 9.17) is 21.1 Å². The summed E-state index contributed by atoms with van der Waals surface area (Å²) in [5.74, 6) is -0.0852. The van der Waals surface area contributed by atoms with Gasteiger partial charge in [0.25, 0.3) is 0 Å². The molecule has 1 rings (SSSR count). The third-order valence-corrected chi connectivity index (χ3v) is 4.00. The molecule has 0 saturated heterocycles. The van der Waals surface area contributed by atoms with Crippen molar-refractivity contribution in [3.8, 4) is 23.0 Å². The van der Waals surface area contributed by atoms with E-state index >= 15 is 0 Å². The number of halogens is 1. The Kier molecular flexibility index (Phi) is 9.69. The molecular weight excluding hydrogens is 316 g/mol. The molecule has 0 bridgehead atoms. The van der Waals surface area contributed by atoms with Crippen molar-refractivity contribution in [2.75, 3.05) is 13.2 Å². The highest BCUT2D eigenvalue weighted by atomic mass is 35.5. The number of benzene rings is 1. The van der Waals surface area contributed by atoms with E-state index in [0.717, 1.165) is 44.9 Å². The van der Waals surface area contributed by atoms with E-state index in [1.807, 2.05) is 0 Å². The monoisotopic (exact) mass is 344 g/mol. The highest BCUT2D eigenvalue weighted by Crippen LogP contribution is 2.47. The molecule has 5 heteroatoms. The number of unbranched alkanes of at least 4 members (excludes halogenated alkanes) is 6. The van der Waals surface area contributed by atoms with Gasteiger partial charge in [0, 0.05) is 6.07 Å². The number of hydrogen-bond donors (Lipinski definition) is 2. The molecule has 0 amide bonds. The van der Waals surface area contributed by atoms with Crippen LogP contribution < -0.4 is 9.47 Å². The summed E-state index contributed by atoms with van der Waals surface area (Å²) in [5, 5.41) is 20.2. The van der Waals surface area contributed by atoms with Crippen molar-refractivity contribution in [3.05, 3.63) is 11.1 Å². The molecule has 1 aromatic carbocycles. The molecule has 4 nitrogen and oxygen atoms in total. The Morgan fingerprint density at radius 3 is 2.00 bits per heavy atom. The summed E-state index contributed by atoms with van der Waals surface area (Å²) in [5.41, 5.74) is 0. The van der Waals surface area contributed by atoms with Crippen LogP contribution >= 0.6 is 11.6 Å². The molecule has 0 saturated carbocycles. The predicted octanol–water partition coefficient (Wildman–Crippen LogP) is 5.67. The standard InChI is InChI=1S/C18H29ClO4/c1-3-5-7-9-11-22-15-13-14(20)18(17(21)16(15)19)23-12-10-8-6-4-2/h13,20-21H,3-12H2,1-2H3. The smallest absolute Gasteiger partial charge is 0.204 e. The van der Waals surface area contributed by atoms with Crippen LogP contribution in [0.4, 0.5) is 0 Å². The Bertz CT molecular complexity index is 463. The molecule has 0 aliphatic heterocycles. The molecule has 23 heavy (non-hydrogen) atoms. The van der Waals surface area contributed by atoms with Crippen LogP contribution in [0.25, 0.3) is 0 Å². The minimum Gasteiger partial charge on any atom is -0.504 e.